The third kappa shape index (κ3) is 7.58. The summed E-state index contributed by atoms with van der Waals surface area (Å²) in [6.07, 6.45) is -0.808. The third-order valence-electron chi connectivity index (χ3n) is 7.84. The van der Waals surface area contributed by atoms with Crippen molar-refractivity contribution in [2.75, 3.05) is 55.8 Å². The first-order valence-corrected chi connectivity index (χ1v) is 15.3. The molecule has 1 fully saturated rings. The van der Waals surface area contributed by atoms with Crippen molar-refractivity contribution in [1.29, 1.82) is 5.41 Å². The highest BCUT2D eigenvalue weighted by atomic mass is 35.5. The molecule has 1 aliphatic heterocycles. The molecule has 47 heavy (non-hydrogen) atoms. The van der Waals surface area contributed by atoms with Gasteiger partial charge in [0.05, 0.1) is 18.3 Å². The highest BCUT2D eigenvalue weighted by Crippen LogP contribution is 2.41. The number of benzene rings is 3. The van der Waals surface area contributed by atoms with Gasteiger partial charge in [-0.1, -0.05) is 11.6 Å². The molecule has 0 amide bonds. The average Bonchev–Trinajstić information content (AvgIpc) is 3.07. The van der Waals surface area contributed by atoms with Crippen molar-refractivity contribution in [2.24, 2.45) is 10.7 Å². The van der Waals surface area contributed by atoms with Crippen molar-refractivity contribution in [2.45, 2.75) is 19.0 Å². The second-order valence-electron chi connectivity index (χ2n) is 10.8. The summed E-state index contributed by atoms with van der Waals surface area (Å²) >= 11 is 6.91. The lowest BCUT2D eigenvalue weighted by molar-refractivity contribution is -0.0583. The van der Waals surface area contributed by atoms with Crippen LogP contribution in [0.5, 0.6) is 5.75 Å². The minimum Gasteiger partial charge on any atom is -0.497 e. The molecule has 5 rings (SSSR count). The van der Waals surface area contributed by atoms with E-state index in [1.165, 1.54) is 37.7 Å². The molecule has 1 saturated heterocycles. The lowest BCUT2D eigenvalue weighted by Crippen LogP contribution is -2.44. The topological polar surface area (TPSA) is 151 Å². The van der Waals surface area contributed by atoms with Crippen LogP contribution in [0.1, 0.15) is 18.4 Å². The highest BCUT2D eigenvalue weighted by molar-refractivity contribution is 6.35. The number of ether oxygens (including phenoxy) is 1. The predicted molar refractivity (Wildman–Crippen MR) is 184 cm³/mol. The summed E-state index contributed by atoms with van der Waals surface area (Å²) in [5.74, 6) is 1.30. The summed E-state index contributed by atoms with van der Waals surface area (Å²) in [4.78, 5) is 15.1. The minimum atomic E-state index is -4.72. The van der Waals surface area contributed by atoms with E-state index in [4.69, 9.17) is 33.2 Å². The van der Waals surface area contributed by atoms with Crippen molar-refractivity contribution in [1.82, 2.24) is 15.3 Å². The molecular weight excluding hydrogens is 631 g/mol. The largest absolute Gasteiger partial charge is 0.497 e. The number of nitrogen functional groups attached to an aromatic ring is 1. The van der Waals surface area contributed by atoms with E-state index in [-0.39, 0.29) is 30.6 Å². The van der Waals surface area contributed by atoms with Crippen LogP contribution in [0.4, 0.5) is 36.1 Å². The normalized spacial score (nSPS) is 14.4. The number of aliphatic imine (C=N–C) groups is 1. The SMILES string of the molecule is COc1ccc(N=C(C(=CN)CCCNc2ccc(N)c(C=N)c2-c2cc3ncnc(N4CCNCC4)c3cc2Cl)C(F)(F)F)cc1. The van der Waals surface area contributed by atoms with E-state index in [1.807, 2.05) is 12.1 Å². The highest BCUT2D eigenvalue weighted by Gasteiger charge is 2.38. The molecule has 0 aliphatic carbocycles. The van der Waals surface area contributed by atoms with E-state index >= 15 is 0 Å². The number of hydrogen-bond acceptors (Lipinski definition) is 10. The van der Waals surface area contributed by atoms with Crippen LogP contribution in [-0.2, 0) is 0 Å². The number of nitrogens with two attached hydrogens (primary N) is 2. The van der Waals surface area contributed by atoms with Gasteiger partial charge in [-0.05, 0) is 73.1 Å². The number of hydrogen-bond donors (Lipinski definition) is 5. The van der Waals surface area contributed by atoms with E-state index in [9.17, 15) is 13.2 Å². The lowest BCUT2D eigenvalue weighted by Gasteiger charge is -2.29. The fourth-order valence-electron chi connectivity index (χ4n) is 5.50. The van der Waals surface area contributed by atoms with Crippen LogP contribution in [0.3, 0.4) is 0 Å². The number of methoxy groups -OCH3 is 1. The molecule has 0 radical (unpaired) electrons. The second-order valence-corrected chi connectivity index (χ2v) is 11.2. The van der Waals surface area contributed by atoms with E-state index in [2.05, 4.69) is 30.5 Å². The number of allylic oxidation sites excluding steroid dienone is 1. The zero-order valence-electron chi connectivity index (χ0n) is 25.7. The van der Waals surface area contributed by atoms with Gasteiger partial charge in [-0.2, -0.15) is 13.2 Å². The van der Waals surface area contributed by atoms with Crippen molar-refractivity contribution in [3.63, 3.8) is 0 Å². The first-order valence-electron chi connectivity index (χ1n) is 14.9. The Hall–Kier alpha value is -4.88. The number of nitrogens with one attached hydrogen (secondary N) is 3. The number of piperazine rings is 1. The maximum absolute atomic E-state index is 14.1. The minimum absolute atomic E-state index is 0.00216. The molecule has 0 unspecified atom stereocenters. The smallest absolute Gasteiger partial charge is 0.433 e. The van der Waals surface area contributed by atoms with Gasteiger partial charge in [0.1, 0.15) is 23.6 Å². The molecule has 2 heterocycles. The average molecular weight is 666 g/mol. The number of fused-ring (bicyclic) bond motifs is 1. The molecule has 246 valence electrons. The molecule has 0 spiro atoms. The molecule has 14 heteroatoms. The van der Waals surface area contributed by atoms with Crippen LogP contribution in [0.2, 0.25) is 5.02 Å². The Morgan fingerprint density at radius 2 is 1.89 bits per heavy atom. The van der Waals surface area contributed by atoms with Gasteiger partial charge in [0.2, 0.25) is 0 Å². The monoisotopic (exact) mass is 665 g/mol. The van der Waals surface area contributed by atoms with Gasteiger partial charge in [-0.25, -0.2) is 15.0 Å². The van der Waals surface area contributed by atoms with Crippen LogP contribution in [-0.4, -0.2) is 67.9 Å². The standard InChI is InChI=1S/C33H35ClF3N9O/c1-47-22-6-4-21(5-7-22)45-31(33(35,36)37)20(17-38)3-2-10-42-28-9-8-27(40)25(18-39)30(28)23-16-29-24(15-26(23)34)32(44-19-43-29)46-13-11-41-12-14-46/h4-9,15-19,39,41-42H,2-3,10-14,38,40H2,1H3. The maximum Gasteiger partial charge on any atom is 0.433 e. The molecule has 10 nitrogen and oxygen atoms in total. The van der Waals surface area contributed by atoms with Crippen LogP contribution >= 0.6 is 11.6 Å². The first-order chi connectivity index (χ1) is 22.6. The summed E-state index contributed by atoms with van der Waals surface area (Å²) in [5.41, 5.74) is 14.2. The van der Waals surface area contributed by atoms with E-state index in [1.54, 1.807) is 12.1 Å². The van der Waals surface area contributed by atoms with Gasteiger partial charge in [-0.3, -0.25) is 0 Å². The number of anilines is 3. The fraction of sp³-hybridized carbons (Fsp3) is 0.273. The van der Waals surface area contributed by atoms with Crippen molar-refractivity contribution in [3.8, 4) is 16.9 Å². The maximum atomic E-state index is 14.1. The molecule has 1 aromatic heterocycles. The summed E-state index contributed by atoms with van der Waals surface area (Å²) < 4.78 is 47.3. The van der Waals surface area contributed by atoms with Crippen LogP contribution < -0.4 is 31.7 Å². The molecule has 7 N–H and O–H groups in total. The Balaban J connectivity index is 1.40. The van der Waals surface area contributed by atoms with Gasteiger partial charge >= 0.3 is 6.18 Å². The van der Waals surface area contributed by atoms with Gasteiger partial charge in [0.15, 0.2) is 0 Å². The molecule has 0 atom stereocenters. The van der Waals surface area contributed by atoms with Gasteiger partial charge in [-0.15, -0.1) is 0 Å². The van der Waals surface area contributed by atoms with Crippen molar-refractivity contribution < 1.29 is 17.9 Å². The van der Waals surface area contributed by atoms with E-state index < -0.39 is 11.9 Å². The van der Waals surface area contributed by atoms with Crippen LogP contribution in [0, 0.1) is 5.41 Å². The summed E-state index contributed by atoms with van der Waals surface area (Å²) in [6.45, 7) is 3.55. The summed E-state index contributed by atoms with van der Waals surface area (Å²) in [7, 11) is 1.47. The predicted octanol–water partition coefficient (Wildman–Crippen LogP) is 6.32. The van der Waals surface area contributed by atoms with Gasteiger partial charge < -0.3 is 37.1 Å². The Bertz CT molecular complexity index is 1800. The second kappa shape index (κ2) is 14.7. The zero-order chi connectivity index (χ0) is 33.6. The first kappa shape index (κ1) is 33.5. The van der Waals surface area contributed by atoms with Crippen LogP contribution in [0.15, 0.2) is 71.6 Å². The van der Waals surface area contributed by atoms with Gasteiger partial charge in [0.25, 0.3) is 0 Å². The lowest BCUT2D eigenvalue weighted by atomic mass is 9.95. The molecule has 0 saturated carbocycles. The van der Waals surface area contributed by atoms with Crippen molar-refractivity contribution >= 4 is 57.3 Å². The number of halogens is 4. The number of rotatable bonds is 11. The number of nitrogens with zero attached hydrogens (tertiary/aromatic N) is 4. The molecule has 1 aliphatic rings. The Morgan fingerprint density at radius 3 is 2.55 bits per heavy atom. The molecule has 3 aromatic carbocycles. The summed E-state index contributed by atoms with van der Waals surface area (Å²) in [6, 6.07) is 13.1. The van der Waals surface area contributed by atoms with Gasteiger partial charge in [0, 0.05) is 77.4 Å². The van der Waals surface area contributed by atoms with E-state index in [0.717, 1.165) is 49.8 Å². The fourth-order valence-corrected chi connectivity index (χ4v) is 5.76. The Morgan fingerprint density at radius 1 is 1.15 bits per heavy atom. The Kier molecular flexibility index (Phi) is 10.5. The Labute approximate surface area is 275 Å². The quantitative estimate of drug-likeness (QED) is 0.0710. The molecular formula is C33H35ClF3N9O. The van der Waals surface area contributed by atoms with Crippen LogP contribution in [0.25, 0.3) is 22.0 Å². The van der Waals surface area contributed by atoms with Crippen molar-refractivity contribution in [3.05, 3.63) is 77.2 Å². The molecule has 0 bridgehead atoms. The molecule has 4 aromatic rings. The third-order valence-corrected chi connectivity index (χ3v) is 8.15. The summed E-state index contributed by atoms with van der Waals surface area (Å²) in [5, 5.41) is 16.0. The number of aromatic nitrogens is 2. The van der Waals surface area contributed by atoms with E-state index in [0.29, 0.717) is 44.4 Å². The zero-order valence-corrected chi connectivity index (χ0v) is 26.4. The number of alkyl halides is 3.